The van der Waals surface area contributed by atoms with Crippen LogP contribution in [-0.2, 0) is 16.0 Å². The molecule has 0 aliphatic carbocycles. The number of benzene rings is 2. The molecule has 1 aromatic heterocycles. The molecular weight excluding hydrogens is 377 g/mol. The van der Waals surface area contributed by atoms with E-state index < -0.39 is 29.8 Å². The van der Waals surface area contributed by atoms with Gasteiger partial charge < -0.3 is 25.5 Å². The van der Waals surface area contributed by atoms with Crippen molar-refractivity contribution in [2.75, 3.05) is 13.8 Å². The highest BCUT2D eigenvalue weighted by Crippen LogP contribution is 2.17. The number of amides is 2. The van der Waals surface area contributed by atoms with E-state index in [1.807, 2.05) is 30.3 Å². The van der Waals surface area contributed by atoms with Crippen LogP contribution in [0.4, 0.5) is 4.39 Å². The van der Waals surface area contributed by atoms with Crippen LogP contribution in [0.25, 0.3) is 10.9 Å². The summed E-state index contributed by atoms with van der Waals surface area (Å²) in [6, 6.07) is 14.0. The van der Waals surface area contributed by atoms with Crippen LogP contribution in [0, 0.1) is 5.82 Å². The third kappa shape index (κ3) is 5.18. The Balaban J connectivity index is 1.80. The number of aliphatic hydroxyl groups excluding tert-OH is 1. The molecule has 3 rings (SSSR count). The number of aromatic amines is 1. The van der Waals surface area contributed by atoms with Crippen molar-refractivity contribution in [1.29, 1.82) is 0 Å². The van der Waals surface area contributed by atoms with E-state index in [1.165, 1.54) is 31.4 Å². The van der Waals surface area contributed by atoms with Gasteiger partial charge in [-0.2, -0.15) is 0 Å². The summed E-state index contributed by atoms with van der Waals surface area (Å²) in [5.74, 6) is -1.58. The second-order valence-corrected chi connectivity index (χ2v) is 6.60. The number of fused-ring (bicyclic) bond motifs is 1. The molecule has 7 nitrogen and oxygen atoms in total. The molecule has 152 valence electrons. The molecule has 1 heterocycles. The van der Waals surface area contributed by atoms with Crippen molar-refractivity contribution >= 4 is 22.7 Å². The number of carbonyl (C=O) groups is 2. The number of aliphatic hydroxyl groups is 1. The fourth-order valence-electron chi connectivity index (χ4n) is 3.01. The highest BCUT2D eigenvalue weighted by Gasteiger charge is 2.28. The number of H-pyrrole nitrogens is 1. The summed E-state index contributed by atoms with van der Waals surface area (Å²) < 4.78 is 18.2. The number of carbonyl (C=O) groups excluding carboxylic acids is 2. The van der Waals surface area contributed by atoms with Gasteiger partial charge in [-0.3, -0.25) is 9.59 Å². The van der Waals surface area contributed by atoms with Crippen LogP contribution < -0.4 is 10.6 Å². The molecule has 2 atom stereocenters. The van der Waals surface area contributed by atoms with Crippen LogP contribution in [0.2, 0.25) is 0 Å². The predicted molar refractivity (Wildman–Crippen MR) is 106 cm³/mol. The lowest BCUT2D eigenvalue weighted by atomic mass is 10.0. The zero-order valence-corrected chi connectivity index (χ0v) is 15.8. The highest BCUT2D eigenvalue weighted by atomic mass is 19.1. The van der Waals surface area contributed by atoms with E-state index >= 15 is 0 Å². The van der Waals surface area contributed by atoms with Crippen LogP contribution in [0.5, 0.6) is 0 Å². The van der Waals surface area contributed by atoms with E-state index in [2.05, 4.69) is 15.6 Å². The van der Waals surface area contributed by atoms with Crippen LogP contribution in [0.1, 0.15) is 16.1 Å². The minimum atomic E-state index is -1.49. The van der Waals surface area contributed by atoms with Crippen molar-refractivity contribution in [1.82, 2.24) is 15.6 Å². The second-order valence-electron chi connectivity index (χ2n) is 6.60. The lowest BCUT2D eigenvalue weighted by molar-refractivity contribution is -0.132. The highest BCUT2D eigenvalue weighted by molar-refractivity contribution is 5.98. The lowest BCUT2D eigenvalue weighted by Gasteiger charge is -2.23. The SMILES string of the molecule is COCNC(=O)[C@H](O)[C@H](Cc1ccccc1)NC(=O)c1cc2cc(F)ccc2[nH]1. The normalized spacial score (nSPS) is 13.1. The Bertz CT molecular complexity index is 990. The zero-order valence-electron chi connectivity index (χ0n) is 15.8. The van der Waals surface area contributed by atoms with Crippen molar-refractivity contribution < 1.29 is 23.8 Å². The summed E-state index contributed by atoms with van der Waals surface area (Å²) in [7, 11) is 1.41. The first kappa shape index (κ1) is 20.5. The quantitative estimate of drug-likeness (QED) is 0.433. The smallest absolute Gasteiger partial charge is 0.268 e. The molecular formula is C21H22FN3O4. The lowest BCUT2D eigenvalue weighted by Crippen LogP contribution is -2.52. The maximum absolute atomic E-state index is 13.4. The van der Waals surface area contributed by atoms with Crippen molar-refractivity contribution in [3.05, 3.63) is 71.7 Å². The third-order valence-corrected chi connectivity index (χ3v) is 4.48. The molecule has 0 saturated heterocycles. The van der Waals surface area contributed by atoms with Gasteiger partial charge in [0.25, 0.3) is 11.8 Å². The van der Waals surface area contributed by atoms with E-state index in [4.69, 9.17) is 4.74 Å². The molecule has 0 radical (unpaired) electrons. The minimum absolute atomic E-state index is 0.0600. The van der Waals surface area contributed by atoms with E-state index in [9.17, 15) is 19.1 Å². The molecule has 0 bridgehead atoms. The largest absolute Gasteiger partial charge is 0.381 e. The van der Waals surface area contributed by atoms with Crippen molar-refractivity contribution in [2.45, 2.75) is 18.6 Å². The number of halogens is 1. The summed E-state index contributed by atoms with van der Waals surface area (Å²) >= 11 is 0. The topological polar surface area (TPSA) is 103 Å². The monoisotopic (exact) mass is 399 g/mol. The summed E-state index contributed by atoms with van der Waals surface area (Å²) in [5, 5.41) is 16.2. The molecule has 4 N–H and O–H groups in total. The van der Waals surface area contributed by atoms with Gasteiger partial charge in [-0.15, -0.1) is 0 Å². The summed E-state index contributed by atoms with van der Waals surface area (Å²) in [4.78, 5) is 27.8. The number of ether oxygens (including phenoxy) is 1. The minimum Gasteiger partial charge on any atom is -0.381 e. The van der Waals surface area contributed by atoms with E-state index in [0.717, 1.165) is 5.56 Å². The van der Waals surface area contributed by atoms with Crippen LogP contribution in [-0.4, -0.2) is 47.9 Å². The van der Waals surface area contributed by atoms with Crippen molar-refractivity contribution in [3.8, 4) is 0 Å². The summed E-state index contributed by atoms with van der Waals surface area (Å²) in [6.07, 6.45) is -1.25. The van der Waals surface area contributed by atoms with Gasteiger partial charge in [0.2, 0.25) is 0 Å². The van der Waals surface area contributed by atoms with Gasteiger partial charge in [-0.1, -0.05) is 30.3 Å². The number of hydrogen-bond acceptors (Lipinski definition) is 4. The van der Waals surface area contributed by atoms with Gasteiger partial charge in [0.15, 0.2) is 6.10 Å². The van der Waals surface area contributed by atoms with Gasteiger partial charge in [-0.05, 0) is 36.2 Å². The molecule has 2 aromatic carbocycles. The van der Waals surface area contributed by atoms with E-state index in [1.54, 1.807) is 0 Å². The summed E-state index contributed by atoms with van der Waals surface area (Å²) in [5.41, 5.74) is 1.65. The standard InChI is InChI=1S/C21H22FN3O4/c1-29-12-23-21(28)19(26)17(9-13-5-3-2-4-6-13)25-20(27)18-11-14-10-15(22)7-8-16(14)24-18/h2-8,10-11,17,19,24,26H,9,12H2,1H3,(H,23,28)(H,25,27)/t17-,19+/m0/s1. The molecule has 0 unspecified atom stereocenters. The zero-order chi connectivity index (χ0) is 20.8. The Morgan fingerprint density at radius 1 is 1.17 bits per heavy atom. The van der Waals surface area contributed by atoms with Gasteiger partial charge in [-0.25, -0.2) is 4.39 Å². The fraction of sp³-hybridized carbons (Fsp3) is 0.238. The van der Waals surface area contributed by atoms with Gasteiger partial charge in [0, 0.05) is 18.0 Å². The Kier molecular flexibility index (Phi) is 6.58. The second kappa shape index (κ2) is 9.31. The molecule has 0 fully saturated rings. The first-order chi connectivity index (χ1) is 14.0. The first-order valence-electron chi connectivity index (χ1n) is 9.05. The van der Waals surface area contributed by atoms with Crippen LogP contribution in [0.15, 0.2) is 54.6 Å². The molecule has 8 heteroatoms. The molecule has 3 aromatic rings. The maximum atomic E-state index is 13.4. The average molecular weight is 399 g/mol. The van der Waals surface area contributed by atoms with Gasteiger partial charge in [0.05, 0.1) is 6.04 Å². The maximum Gasteiger partial charge on any atom is 0.268 e. The molecule has 0 aliphatic rings. The number of methoxy groups -OCH3 is 1. The summed E-state index contributed by atoms with van der Waals surface area (Å²) in [6.45, 7) is -0.0600. The van der Waals surface area contributed by atoms with Gasteiger partial charge >= 0.3 is 0 Å². The molecule has 0 spiro atoms. The molecule has 29 heavy (non-hydrogen) atoms. The Labute approximate surface area is 166 Å². The number of aromatic nitrogens is 1. The predicted octanol–water partition coefficient (Wildman–Crippen LogP) is 1.73. The third-order valence-electron chi connectivity index (χ3n) is 4.48. The number of hydrogen-bond donors (Lipinski definition) is 4. The van der Waals surface area contributed by atoms with Crippen LogP contribution >= 0.6 is 0 Å². The number of rotatable bonds is 8. The van der Waals surface area contributed by atoms with Crippen LogP contribution in [0.3, 0.4) is 0 Å². The molecule has 0 saturated carbocycles. The van der Waals surface area contributed by atoms with Crippen molar-refractivity contribution in [2.24, 2.45) is 0 Å². The average Bonchev–Trinajstić information content (AvgIpc) is 3.15. The Hall–Kier alpha value is -3.23. The first-order valence-corrected chi connectivity index (χ1v) is 9.05. The van der Waals surface area contributed by atoms with Crippen molar-refractivity contribution in [3.63, 3.8) is 0 Å². The van der Waals surface area contributed by atoms with Gasteiger partial charge in [0.1, 0.15) is 18.2 Å². The fourth-order valence-corrected chi connectivity index (χ4v) is 3.01. The van der Waals surface area contributed by atoms with E-state index in [0.29, 0.717) is 10.9 Å². The Morgan fingerprint density at radius 2 is 1.93 bits per heavy atom. The molecule has 2 amide bonds. The van der Waals surface area contributed by atoms with E-state index in [-0.39, 0.29) is 18.8 Å². The molecule has 0 aliphatic heterocycles. The Morgan fingerprint density at radius 3 is 2.66 bits per heavy atom. The number of nitrogens with one attached hydrogen (secondary N) is 3.